The van der Waals surface area contributed by atoms with Crippen LogP contribution in [0.3, 0.4) is 0 Å². The van der Waals surface area contributed by atoms with Crippen LogP contribution in [0.2, 0.25) is 0 Å². The molecule has 2 fully saturated rings. The number of carbonyl (C=O) groups is 1. The Bertz CT molecular complexity index is 1050. The standard InChI is InChI=1S/C21H24N6O2/c1-3-25-13-24-18-19(25)22-12-23-20(18)26-8-15-10-27(11-16(15)9-26)21(28)14-5-4-6-17(7-14)29-2/h4-7,12-13,15-16H,3,8-11H2,1-2H3. The van der Waals surface area contributed by atoms with Crippen molar-refractivity contribution in [3.8, 4) is 5.75 Å². The highest BCUT2D eigenvalue weighted by molar-refractivity contribution is 5.95. The zero-order valence-electron chi connectivity index (χ0n) is 16.7. The topological polar surface area (TPSA) is 76.4 Å². The monoisotopic (exact) mass is 392 g/mol. The molecule has 5 rings (SSSR count). The second-order valence-electron chi connectivity index (χ2n) is 7.77. The quantitative estimate of drug-likeness (QED) is 0.677. The van der Waals surface area contributed by atoms with Gasteiger partial charge in [0, 0.05) is 50.1 Å². The Morgan fingerprint density at radius 3 is 2.66 bits per heavy atom. The van der Waals surface area contributed by atoms with E-state index in [1.807, 2.05) is 40.1 Å². The first-order chi connectivity index (χ1) is 14.2. The van der Waals surface area contributed by atoms with E-state index in [0.717, 1.165) is 49.7 Å². The maximum absolute atomic E-state index is 12.9. The molecule has 0 bridgehead atoms. The average Bonchev–Trinajstić information content (AvgIpc) is 3.45. The zero-order chi connectivity index (χ0) is 20.0. The van der Waals surface area contributed by atoms with Crippen LogP contribution in [0.5, 0.6) is 5.75 Å². The van der Waals surface area contributed by atoms with Gasteiger partial charge in [-0.1, -0.05) is 6.07 Å². The highest BCUT2D eigenvalue weighted by atomic mass is 16.5. The van der Waals surface area contributed by atoms with Gasteiger partial charge in [-0.05, 0) is 25.1 Å². The second kappa shape index (κ2) is 7.02. The summed E-state index contributed by atoms with van der Waals surface area (Å²) in [5, 5.41) is 0. The molecule has 0 spiro atoms. The lowest BCUT2D eigenvalue weighted by molar-refractivity contribution is 0.0782. The van der Waals surface area contributed by atoms with E-state index in [1.165, 1.54) is 0 Å². The predicted octanol–water partition coefficient (Wildman–Crippen LogP) is 2.06. The summed E-state index contributed by atoms with van der Waals surface area (Å²) in [6, 6.07) is 7.38. The van der Waals surface area contributed by atoms with Crippen LogP contribution in [0.4, 0.5) is 5.82 Å². The number of methoxy groups -OCH3 is 1. The van der Waals surface area contributed by atoms with Gasteiger partial charge in [-0.3, -0.25) is 4.79 Å². The summed E-state index contributed by atoms with van der Waals surface area (Å²) in [6.45, 7) is 6.23. The second-order valence-corrected chi connectivity index (χ2v) is 7.77. The van der Waals surface area contributed by atoms with Gasteiger partial charge in [0.25, 0.3) is 5.91 Å². The maximum Gasteiger partial charge on any atom is 0.254 e. The lowest BCUT2D eigenvalue weighted by Gasteiger charge is -2.22. The number of ether oxygens (including phenoxy) is 1. The first-order valence-corrected chi connectivity index (χ1v) is 10.0. The number of aryl methyl sites for hydroxylation is 1. The van der Waals surface area contributed by atoms with Crippen LogP contribution in [-0.4, -0.2) is 63.6 Å². The summed E-state index contributed by atoms with van der Waals surface area (Å²) in [5.41, 5.74) is 2.42. The van der Waals surface area contributed by atoms with Crippen molar-refractivity contribution in [2.24, 2.45) is 11.8 Å². The number of likely N-dealkylation sites (tertiary alicyclic amines) is 1. The third-order valence-electron chi connectivity index (χ3n) is 6.11. The van der Waals surface area contributed by atoms with Crippen molar-refractivity contribution in [1.29, 1.82) is 0 Å². The number of anilines is 1. The molecule has 150 valence electrons. The molecule has 2 saturated heterocycles. The van der Waals surface area contributed by atoms with Crippen molar-refractivity contribution >= 4 is 22.9 Å². The van der Waals surface area contributed by atoms with Crippen LogP contribution in [0.1, 0.15) is 17.3 Å². The Morgan fingerprint density at radius 1 is 1.14 bits per heavy atom. The molecule has 0 aliphatic carbocycles. The molecule has 1 aromatic carbocycles. The van der Waals surface area contributed by atoms with E-state index in [1.54, 1.807) is 13.4 Å². The van der Waals surface area contributed by atoms with E-state index in [9.17, 15) is 4.79 Å². The van der Waals surface area contributed by atoms with Gasteiger partial charge in [-0.2, -0.15) is 0 Å². The van der Waals surface area contributed by atoms with E-state index in [0.29, 0.717) is 23.1 Å². The minimum Gasteiger partial charge on any atom is -0.497 e. The molecule has 2 atom stereocenters. The summed E-state index contributed by atoms with van der Waals surface area (Å²) in [6.07, 6.45) is 3.45. The maximum atomic E-state index is 12.9. The summed E-state index contributed by atoms with van der Waals surface area (Å²) < 4.78 is 7.29. The first kappa shape index (κ1) is 17.9. The van der Waals surface area contributed by atoms with Gasteiger partial charge in [0.2, 0.25) is 0 Å². The van der Waals surface area contributed by atoms with E-state index in [-0.39, 0.29) is 5.91 Å². The molecular formula is C21H24N6O2. The van der Waals surface area contributed by atoms with Crippen LogP contribution in [-0.2, 0) is 6.54 Å². The van der Waals surface area contributed by atoms with Crippen molar-refractivity contribution in [1.82, 2.24) is 24.4 Å². The number of hydrogen-bond donors (Lipinski definition) is 0. The molecule has 2 aliphatic heterocycles. The van der Waals surface area contributed by atoms with Crippen molar-refractivity contribution in [2.75, 3.05) is 38.2 Å². The Morgan fingerprint density at radius 2 is 1.93 bits per heavy atom. The largest absolute Gasteiger partial charge is 0.497 e. The number of imidazole rings is 1. The van der Waals surface area contributed by atoms with Gasteiger partial charge >= 0.3 is 0 Å². The Hall–Kier alpha value is -3.16. The van der Waals surface area contributed by atoms with Gasteiger partial charge in [0.15, 0.2) is 17.0 Å². The molecule has 0 saturated carbocycles. The SMILES string of the molecule is CCn1cnc2c(N3CC4CN(C(=O)c5cccc(OC)c5)CC4C3)ncnc21. The highest BCUT2D eigenvalue weighted by Crippen LogP contribution is 2.35. The minimum atomic E-state index is 0.0796. The third-order valence-corrected chi connectivity index (χ3v) is 6.11. The number of nitrogens with zero attached hydrogens (tertiary/aromatic N) is 6. The summed E-state index contributed by atoms with van der Waals surface area (Å²) >= 11 is 0. The number of fused-ring (bicyclic) bond motifs is 2. The summed E-state index contributed by atoms with van der Waals surface area (Å²) in [4.78, 5) is 30.7. The average molecular weight is 392 g/mol. The first-order valence-electron chi connectivity index (χ1n) is 10.0. The van der Waals surface area contributed by atoms with Crippen LogP contribution in [0, 0.1) is 11.8 Å². The van der Waals surface area contributed by atoms with Gasteiger partial charge < -0.3 is 19.1 Å². The summed E-state index contributed by atoms with van der Waals surface area (Å²) in [7, 11) is 1.62. The van der Waals surface area contributed by atoms with Gasteiger partial charge in [-0.15, -0.1) is 0 Å². The van der Waals surface area contributed by atoms with Crippen LogP contribution >= 0.6 is 0 Å². The Balaban J connectivity index is 1.31. The summed E-state index contributed by atoms with van der Waals surface area (Å²) in [5.74, 6) is 2.59. The molecule has 2 aliphatic rings. The third kappa shape index (κ3) is 2.99. The lowest BCUT2D eigenvalue weighted by Crippen LogP contribution is -2.33. The minimum absolute atomic E-state index is 0.0796. The molecular weight excluding hydrogens is 368 g/mol. The fourth-order valence-corrected chi connectivity index (χ4v) is 4.60. The van der Waals surface area contributed by atoms with Crippen molar-refractivity contribution in [2.45, 2.75) is 13.5 Å². The molecule has 8 heteroatoms. The molecule has 1 amide bonds. The van der Waals surface area contributed by atoms with Gasteiger partial charge in [-0.25, -0.2) is 15.0 Å². The van der Waals surface area contributed by atoms with E-state index < -0.39 is 0 Å². The number of carbonyl (C=O) groups excluding carboxylic acids is 1. The van der Waals surface area contributed by atoms with Crippen LogP contribution in [0.25, 0.3) is 11.2 Å². The smallest absolute Gasteiger partial charge is 0.254 e. The van der Waals surface area contributed by atoms with Crippen LogP contribution < -0.4 is 9.64 Å². The molecule has 8 nitrogen and oxygen atoms in total. The number of rotatable bonds is 4. The number of aromatic nitrogens is 4. The molecule has 0 N–H and O–H groups in total. The van der Waals surface area contributed by atoms with Crippen molar-refractivity contribution in [3.05, 3.63) is 42.5 Å². The van der Waals surface area contributed by atoms with E-state index in [4.69, 9.17) is 4.74 Å². The molecule has 2 aromatic heterocycles. The Labute approximate surface area is 169 Å². The molecule has 4 heterocycles. The fourth-order valence-electron chi connectivity index (χ4n) is 4.60. The van der Waals surface area contributed by atoms with E-state index >= 15 is 0 Å². The molecule has 3 aromatic rings. The van der Waals surface area contributed by atoms with Crippen LogP contribution in [0.15, 0.2) is 36.9 Å². The number of amides is 1. The normalized spacial score (nSPS) is 21.0. The number of benzene rings is 1. The van der Waals surface area contributed by atoms with Gasteiger partial charge in [0.05, 0.1) is 13.4 Å². The number of hydrogen-bond acceptors (Lipinski definition) is 6. The fraction of sp³-hybridized carbons (Fsp3) is 0.429. The van der Waals surface area contributed by atoms with Crippen molar-refractivity contribution < 1.29 is 9.53 Å². The predicted molar refractivity (Wildman–Crippen MR) is 109 cm³/mol. The van der Waals surface area contributed by atoms with E-state index in [2.05, 4.69) is 26.8 Å². The van der Waals surface area contributed by atoms with Crippen molar-refractivity contribution in [3.63, 3.8) is 0 Å². The zero-order valence-corrected chi connectivity index (χ0v) is 16.7. The molecule has 0 radical (unpaired) electrons. The highest BCUT2D eigenvalue weighted by Gasteiger charge is 2.42. The molecule has 2 unspecified atom stereocenters. The van der Waals surface area contributed by atoms with Gasteiger partial charge in [0.1, 0.15) is 12.1 Å². The lowest BCUT2D eigenvalue weighted by atomic mass is 10.0. The Kier molecular flexibility index (Phi) is 4.34. The molecule has 29 heavy (non-hydrogen) atoms.